The minimum atomic E-state index is -1.13. The molecule has 9 rings (SSSR count). The summed E-state index contributed by atoms with van der Waals surface area (Å²) in [4.78, 5) is 84.0. The van der Waals surface area contributed by atoms with Crippen LogP contribution in [0, 0.1) is 20.8 Å². The highest BCUT2D eigenvalue weighted by Crippen LogP contribution is 2.40. The molecular formula is C47H39ClN10O7S. The van der Waals surface area contributed by atoms with Gasteiger partial charge in [0, 0.05) is 39.7 Å². The second-order valence-electron chi connectivity index (χ2n) is 15.8. The topological polar surface area (TPSA) is 219 Å². The Balaban J connectivity index is 0.780. The van der Waals surface area contributed by atoms with Crippen LogP contribution in [0.25, 0.3) is 5.00 Å². The van der Waals surface area contributed by atoms with Gasteiger partial charge in [-0.2, -0.15) is 10.2 Å². The third-order valence-corrected chi connectivity index (χ3v) is 12.8. The molecule has 1 fully saturated rings. The number of aromatic nitrogens is 3. The van der Waals surface area contributed by atoms with Crippen molar-refractivity contribution in [2.45, 2.75) is 58.7 Å². The summed E-state index contributed by atoms with van der Waals surface area (Å²) in [6.07, 6.45) is 0.0653. The molecule has 0 saturated carbocycles. The van der Waals surface area contributed by atoms with Gasteiger partial charge in [0.25, 0.3) is 17.7 Å². The molecular weight excluding hydrogens is 884 g/mol. The number of anilines is 1. The number of amides is 6. The largest absolute Gasteiger partial charge is 0.483 e. The molecule has 17 nitrogen and oxygen atoms in total. The molecule has 2 atom stereocenters. The van der Waals surface area contributed by atoms with Crippen LogP contribution in [0.1, 0.15) is 84.8 Å². The summed E-state index contributed by atoms with van der Waals surface area (Å²) >= 11 is 7.89. The Labute approximate surface area is 386 Å². The van der Waals surface area contributed by atoms with Gasteiger partial charge in [0.05, 0.1) is 34.6 Å². The first-order valence-corrected chi connectivity index (χ1v) is 22.0. The summed E-state index contributed by atoms with van der Waals surface area (Å²) in [6, 6.07) is 24.2. The lowest BCUT2D eigenvalue weighted by molar-refractivity contribution is -0.136. The van der Waals surface area contributed by atoms with Crippen molar-refractivity contribution in [3.8, 4) is 10.8 Å². The van der Waals surface area contributed by atoms with E-state index in [1.54, 1.807) is 47.7 Å². The average molecular weight is 923 g/mol. The Hall–Kier alpha value is -7.70. The number of halogens is 1. The van der Waals surface area contributed by atoms with Crippen molar-refractivity contribution in [1.29, 1.82) is 0 Å². The van der Waals surface area contributed by atoms with Gasteiger partial charge in [0.15, 0.2) is 12.4 Å². The predicted octanol–water partition coefficient (Wildman–Crippen LogP) is 7.34. The predicted molar refractivity (Wildman–Crippen MR) is 244 cm³/mol. The second kappa shape index (κ2) is 18.1. The van der Waals surface area contributed by atoms with Crippen molar-refractivity contribution in [1.82, 2.24) is 30.3 Å². The minimum absolute atomic E-state index is 0.00655. The monoisotopic (exact) mass is 922 g/mol. The highest BCUT2D eigenvalue weighted by molar-refractivity contribution is 7.15. The zero-order valence-corrected chi connectivity index (χ0v) is 37.2. The number of hydrogen-bond donors (Lipinski definition) is 3. The maximum absolute atomic E-state index is 13.5. The normalized spacial score (nSPS) is 16.6. The highest BCUT2D eigenvalue weighted by Gasteiger charge is 2.46. The third kappa shape index (κ3) is 8.62. The molecule has 2 unspecified atom stereocenters. The first-order chi connectivity index (χ1) is 31.8. The highest BCUT2D eigenvalue weighted by atomic mass is 35.5. The minimum Gasteiger partial charge on any atom is -0.483 e. The smallest absolute Gasteiger partial charge is 0.266 e. The summed E-state index contributed by atoms with van der Waals surface area (Å²) in [6.45, 7) is 5.86. The standard InChI is InChI=1S/C47H39ClN10O7S/c1-24-25(2)66-47-40(24)42(28-9-11-29(48)12-10-28)51-34(43-56-53-26(3)57(43)47)21-38(60)49-22-27-7-13-31(14-8-27)54-55-32-17-15-30(16-18-32)50-39(61)23-65-36-6-4-5-33-41(36)46(64)58(45(33)63)35-19-20-37(59)52-44(35)62/h4-18,34-35H,19-23H2,1-3H3,(H,49,60)(H,50,61)(H,52,59,62). The van der Waals surface area contributed by atoms with Gasteiger partial charge in [-0.05, 0) is 99.0 Å². The number of nitrogens with one attached hydrogen (secondary N) is 3. The van der Waals surface area contributed by atoms with Crippen molar-refractivity contribution in [3.05, 3.63) is 146 Å². The van der Waals surface area contributed by atoms with E-state index in [-0.39, 0.29) is 48.6 Å². The van der Waals surface area contributed by atoms with E-state index in [9.17, 15) is 28.8 Å². The zero-order chi connectivity index (χ0) is 46.2. The average Bonchev–Trinajstić information content (AvgIpc) is 3.89. The molecule has 3 aliphatic rings. The lowest BCUT2D eigenvalue weighted by Gasteiger charge is -2.27. The number of thiophene rings is 1. The molecule has 0 spiro atoms. The molecule has 19 heteroatoms. The Kier molecular flexibility index (Phi) is 11.9. The molecule has 6 aromatic rings. The van der Waals surface area contributed by atoms with Gasteiger partial charge < -0.3 is 15.4 Å². The van der Waals surface area contributed by atoms with E-state index in [1.807, 2.05) is 47.9 Å². The van der Waals surface area contributed by atoms with E-state index in [4.69, 9.17) is 21.3 Å². The van der Waals surface area contributed by atoms with Crippen molar-refractivity contribution < 1.29 is 33.5 Å². The molecule has 0 aliphatic carbocycles. The first kappa shape index (κ1) is 43.5. The van der Waals surface area contributed by atoms with Crippen molar-refractivity contribution in [2.75, 3.05) is 11.9 Å². The summed E-state index contributed by atoms with van der Waals surface area (Å²) in [5.74, 6) is -2.01. The number of nitrogens with zero attached hydrogens (tertiary/aromatic N) is 7. The fourth-order valence-electron chi connectivity index (χ4n) is 7.93. The number of aliphatic imine (C=N–C) groups is 1. The van der Waals surface area contributed by atoms with Gasteiger partial charge in [-0.15, -0.1) is 21.5 Å². The van der Waals surface area contributed by atoms with Crippen molar-refractivity contribution in [2.24, 2.45) is 15.2 Å². The van der Waals surface area contributed by atoms with Crippen LogP contribution in [-0.4, -0.2) is 73.5 Å². The van der Waals surface area contributed by atoms with Crippen molar-refractivity contribution >= 4 is 81.2 Å². The molecule has 3 aliphatic heterocycles. The number of imide groups is 2. The molecule has 332 valence electrons. The summed E-state index contributed by atoms with van der Waals surface area (Å²) in [7, 11) is 0. The number of piperidine rings is 1. The molecule has 2 aromatic heterocycles. The number of carbonyl (C=O) groups excluding carboxylic acids is 6. The van der Waals surface area contributed by atoms with E-state index >= 15 is 0 Å². The molecule has 3 N–H and O–H groups in total. The van der Waals surface area contributed by atoms with Crippen LogP contribution < -0.4 is 20.7 Å². The van der Waals surface area contributed by atoms with Crippen molar-refractivity contribution in [3.63, 3.8) is 0 Å². The molecule has 0 radical (unpaired) electrons. The van der Waals surface area contributed by atoms with Crippen LogP contribution in [0.4, 0.5) is 17.1 Å². The number of fused-ring (bicyclic) bond motifs is 4. The number of azo groups is 1. The lowest BCUT2D eigenvalue weighted by Crippen LogP contribution is -2.54. The maximum Gasteiger partial charge on any atom is 0.266 e. The number of carbonyl (C=O) groups is 6. The van der Waals surface area contributed by atoms with Crippen LogP contribution in [0.15, 0.2) is 106 Å². The molecule has 5 heterocycles. The number of hydrogen-bond acceptors (Lipinski definition) is 13. The van der Waals surface area contributed by atoms with Crippen LogP contribution in [0.5, 0.6) is 5.75 Å². The number of aryl methyl sites for hydroxylation is 2. The summed E-state index contributed by atoms with van der Waals surface area (Å²) in [5, 5.41) is 27.0. The summed E-state index contributed by atoms with van der Waals surface area (Å²) in [5.41, 5.74) is 6.18. The third-order valence-electron chi connectivity index (χ3n) is 11.4. The van der Waals surface area contributed by atoms with Crippen LogP contribution in [-0.2, 0) is 25.7 Å². The maximum atomic E-state index is 13.5. The molecule has 66 heavy (non-hydrogen) atoms. The number of rotatable bonds is 12. The van der Waals surface area contributed by atoms with E-state index in [2.05, 4.69) is 50.2 Å². The van der Waals surface area contributed by atoms with Gasteiger partial charge >= 0.3 is 0 Å². The Morgan fingerprint density at radius 2 is 1.58 bits per heavy atom. The van der Waals surface area contributed by atoms with E-state index in [0.717, 1.165) is 42.7 Å². The molecule has 0 bridgehead atoms. The fourth-order valence-corrected chi connectivity index (χ4v) is 9.27. The zero-order valence-electron chi connectivity index (χ0n) is 35.6. The lowest BCUT2D eigenvalue weighted by atomic mass is 9.99. The van der Waals surface area contributed by atoms with E-state index in [1.165, 1.54) is 18.2 Å². The van der Waals surface area contributed by atoms with E-state index < -0.39 is 48.2 Å². The summed E-state index contributed by atoms with van der Waals surface area (Å²) < 4.78 is 7.69. The number of ether oxygens (including phenoxy) is 1. The molecule has 4 aromatic carbocycles. The van der Waals surface area contributed by atoms with E-state index in [0.29, 0.717) is 33.7 Å². The van der Waals surface area contributed by atoms with Crippen LogP contribution in [0.3, 0.4) is 0 Å². The second-order valence-corrected chi connectivity index (χ2v) is 17.4. The molecule has 1 saturated heterocycles. The van der Waals surface area contributed by atoms with Gasteiger partial charge in [-0.1, -0.05) is 41.9 Å². The first-order valence-electron chi connectivity index (χ1n) is 20.8. The van der Waals surface area contributed by atoms with Gasteiger partial charge in [-0.25, -0.2) is 0 Å². The Morgan fingerprint density at radius 1 is 0.864 bits per heavy atom. The quantitative estimate of drug-likeness (QED) is 0.0825. The van der Waals surface area contributed by atoms with Gasteiger partial charge in [0.1, 0.15) is 28.7 Å². The van der Waals surface area contributed by atoms with Gasteiger partial charge in [-0.3, -0.25) is 48.5 Å². The van der Waals surface area contributed by atoms with Crippen LogP contribution in [0.2, 0.25) is 5.02 Å². The fraction of sp³-hybridized carbons (Fsp3) is 0.213. The Bertz CT molecular complexity index is 3030. The van der Waals surface area contributed by atoms with Crippen LogP contribution >= 0.6 is 22.9 Å². The number of benzene rings is 4. The van der Waals surface area contributed by atoms with Gasteiger partial charge in [0.2, 0.25) is 17.7 Å². The molecule has 6 amide bonds. The SMILES string of the molecule is Cc1sc2c(c1C)C(c1ccc(Cl)cc1)=NC(CC(=O)NCc1ccc(N=Nc3ccc(NC(=O)COc4cccc5c4C(=O)N(C4CCC(=O)NC4=O)C5=O)cc3)cc1)c1nnc(C)n1-2. The Morgan fingerprint density at radius 3 is 2.29 bits per heavy atom.